The minimum atomic E-state index is -2.39. The average Bonchev–Trinajstić information content (AvgIpc) is 1.93. The molecule has 1 aliphatic rings. The molecule has 4 heteroatoms. The molecule has 0 unspecified atom stereocenters. The molecule has 1 aliphatic heterocycles. The third kappa shape index (κ3) is 2.44. The molecular weight excluding hydrogens is 152 g/mol. The SMILES string of the molecule is O=C1CCCCN1CC(F)F. The zero-order valence-electron chi connectivity index (χ0n) is 6.22. The summed E-state index contributed by atoms with van der Waals surface area (Å²) >= 11 is 0. The van der Waals surface area contributed by atoms with Crippen molar-refractivity contribution in [2.24, 2.45) is 0 Å². The third-order valence-corrected chi connectivity index (χ3v) is 1.78. The number of carbonyl (C=O) groups is 1. The molecule has 0 N–H and O–H groups in total. The van der Waals surface area contributed by atoms with E-state index >= 15 is 0 Å². The van der Waals surface area contributed by atoms with Crippen molar-refractivity contribution in [2.45, 2.75) is 25.7 Å². The number of piperidine rings is 1. The van der Waals surface area contributed by atoms with Crippen molar-refractivity contribution in [3.63, 3.8) is 0 Å². The maximum absolute atomic E-state index is 11.8. The van der Waals surface area contributed by atoms with Crippen LogP contribution in [0.15, 0.2) is 0 Å². The first-order valence-corrected chi connectivity index (χ1v) is 3.76. The number of rotatable bonds is 2. The van der Waals surface area contributed by atoms with Crippen molar-refractivity contribution < 1.29 is 13.6 Å². The van der Waals surface area contributed by atoms with Crippen molar-refractivity contribution in [1.82, 2.24) is 4.90 Å². The van der Waals surface area contributed by atoms with Gasteiger partial charge in [-0.2, -0.15) is 0 Å². The first kappa shape index (κ1) is 8.43. The fourth-order valence-electron chi connectivity index (χ4n) is 1.22. The predicted molar refractivity (Wildman–Crippen MR) is 36.4 cm³/mol. The summed E-state index contributed by atoms with van der Waals surface area (Å²) in [5.41, 5.74) is 0. The molecule has 64 valence electrons. The van der Waals surface area contributed by atoms with Crippen LogP contribution in [0.3, 0.4) is 0 Å². The highest BCUT2D eigenvalue weighted by atomic mass is 19.3. The van der Waals surface area contributed by atoms with Crippen LogP contribution >= 0.6 is 0 Å². The van der Waals surface area contributed by atoms with Gasteiger partial charge in [0, 0.05) is 13.0 Å². The molecule has 1 heterocycles. The molecule has 0 radical (unpaired) electrons. The summed E-state index contributed by atoms with van der Waals surface area (Å²) in [5, 5.41) is 0. The number of carbonyl (C=O) groups excluding carboxylic acids is 1. The highest BCUT2D eigenvalue weighted by Gasteiger charge is 2.20. The Hall–Kier alpha value is -0.670. The largest absolute Gasteiger partial charge is 0.337 e. The van der Waals surface area contributed by atoms with E-state index in [4.69, 9.17) is 0 Å². The first-order chi connectivity index (χ1) is 5.20. The van der Waals surface area contributed by atoms with Gasteiger partial charge < -0.3 is 4.90 Å². The maximum atomic E-state index is 11.8. The van der Waals surface area contributed by atoms with E-state index < -0.39 is 13.0 Å². The molecule has 0 aromatic carbocycles. The van der Waals surface area contributed by atoms with Gasteiger partial charge in [0.2, 0.25) is 5.91 Å². The number of likely N-dealkylation sites (tertiary alicyclic amines) is 1. The van der Waals surface area contributed by atoms with E-state index in [9.17, 15) is 13.6 Å². The van der Waals surface area contributed by atoms with Crippen LogP contribution in [0.2, 0.25) is 0 Å². The third-order valence-electron chi connectivity index (χ3n) is 1.78. The van der Waals surface area contributed by atoms with Crippen LogP contribution in [0.25, 0.3) is 0 Å². The molecule has 0 aromatic rings. The van der Waals surface area contributed by atoms with Gasteiger partial charge in [0.25, 0.3) is 6.43 Å². The smallest absolute Gasteiger partial charge is 0.255 e. The highest BCUT2D eigenvalue weighted by Crippen LogP contribution is 2.11. The Bertz CT molecular complexity index is 149. The second kappa shape index (κ2) is 3.64. The van der Waals surface area contributed by atoms with Crippen LogP contribution in [0.1, 0.15) is 19.3 Å². The molecule has 1 amide bonds. The summed E-state index contributed by atoms with van der Waals surface area (Å²) in [6.45, 7) is 0.113. The number of halogens is 2. The van der Waals surface area contributed by atoms with Gasteiger partial charge in [0.15, 0.2) is 0 Å². The lowest BCUT2D eigenvalue weighted by Crippen LogP contribution is -2.38. The Morgan fingerprint density at radius 2 is 2.18 bits per heavy atom. The predicted octanol–water partition coefficient (Wildman–Crippen LogP) is 1.26. The van der Waals surface area contributed by atoms with Crippen molar-refractivity contribution in [2.75, 3.05) is 13.1 Å². The molecule has 0 atom stereocenters. The van der Waals surface area contributed by atoms with Crippen molar-refractivity contribution in [1.29, 1.82) is 0 Å². The molecule has 0 bridgehead atoms. The molecule has 1 saturated heterocycles. The van der Waals surface area contributed by atoms with E-state index in [1.54, 1.807) is 0 Å². The number of alkyl halides is 2. The monoisotopic (exact) mass is 163 g/mol. The van der Waals surface area contributed by atoms with Crippen LogP contribution in [-0.4, -0.2) is 30.3 Å². The van der Waals surface area contributed by atoms with Crippen LogP contribution in [0.5, 0.6) is 0 Å². The molecule has 1 rings (SSSR count). The molecule has 0 aromatic heterocycles. The van der Waals surface area contributed by atoms with E-state index in [0.717, 1.165) is 12.8 Å². The lowest BCUT2D eigenvalue weighted by atomic mass is 10.1. The standard InChI is InChI=1S/C7H11F2NO/c8-6(9)5-10-4-2-1-3-7(10)11/h6H,1-5H2. The number of nitrogens with zero attached hydrogens (tertiary/aromatic N) is 1. The number of amides is 1. The first-order valence-electron chi connectivity index (χ1n) is 3.76. The summed E-state index contributed by atoms with van der Waals surface area (Å²) in [7, 11) is 0. The van der Waals surface area contributed by atoms with E-state index in [2.05, 4.69) is 0 Å². The van der Waals surface area contributed by atoms with Crippen LogP contribution in [0.4, 0.5) is 8.78 Å². The zero-order valence-corrected chi connectivity index (χ0v) is 6.22. The minimum absolute atomic E-state index is 0.128. The lowest BCUT2D eigenvalue weighted by molar-refractivity contribution is -0.135. The summed E-state index contributed by atoms with van der Waals surface area (Å²) in [6, 6.07) is 0. The second-order valence-electron chi connectivity index (χ2n) is 2.69. The number of hydrogen-bond acceptors (Lipinski definition) is 1. The normalized spacial score (nSPS) is 19.5. The van der Waals surface area contributed by atoms with Gasteiger partial charge in [-0.25, -0.2) is 8.78 Å². The van der Waals surface area contributed by atoms with Gasteiger partial charge in [0.05, 0.1) is 6.54 Å². The van der Waals surface area contributed by atoms with Gasteiger partial charge in [-0.1, -0.05) is 0 Å². The molecule has 2 nitrogen and oxygen atoms in total. The lowest BCUT2D eigenvalue weighted by Gasteiger charge is -2.25. The quantitative estimate of drug-likeness (QED) is 0.600. The van der Waals surface area contributed by atoms with E-state index in [1.807, 2.05) is 0 Å². The average molecular weight is 163 g/mol. The second-order valence-corrected chi connectivity index (χ2v) is 2.69. The van der Waals surface area contributed by atoms with E-state index in [1.165, 1.54) is 4.90 Å². The maximum Gasteiger partial charge on any atom is 0.255 e. The molecule has 1 fully saturated rings. The van der Waals surface area contributed by atoms with Crippen LogP contribution < -0.4 is 0 Å². The Morgan fingerprint density at radius 1 is 1.45 bits per heavy atom. The Balaban J connectivity index is 2.36. The summed E-state index contributed by atoms with van der Waals surface area (Å²) in [6.07, 6.45) is -0.249. The fourth-order valence-corrected chi connectivity index (χ4v) is 1.22. The highest BCUT2D eigenvalue weighted by molar-refractivity contribution is 5.76. The Morgan fingerprint density at radius 3 is 2.73 bits per heavy atom. The van der Waals surface area contributed by atoms with Crippen molar-refractivity contribution in [3.8, 4) is 0 Å². The van der Waals surface area contributed by atoms with E-state index in [0.29, 0.717) is 13.0 Å². The number of hydrogen-bond donors (Lipinski definition) is 0. The van der Waals surface area contributed by atoms with Gasteiger partial charge in [-0.3, -0.25) is 4.79 Å². The van der Waals surface area contributed by atoms with Crippen LogP contribution in [-0.2, 0) is 4.79 Å². The molecular formula is C7H11F2NO. The van der Waals surface area contributed by atoms with Gasteiger partial charge >= 0.3 is 0 Å². The van der Waals surface area contributed by atoms with Crippen LogP contribution in [0, 0.1) is 0 Å². The van der Waals surface area contributed by atoms with Gasteiger partial charge in [-0.05, 0) is 12.8 Å². The van der Waals surface area contributed by atoms with Gasteiger partial charge in [0.1, 0.15) is 0 Å². The Labute approximate surface area is 64.2 Å². The van der Waals surface area contributed by atoms with Crippen molar-refractivity contribution in [3.05, 3.63) is 0 Å². The zero-order chi connectivity index (χ0) is 8.27. The van der Waals surface area contributed by atoms with Gasteiger partial charge in [-0.15, -0.1) is 0 Å². The molecule has 11 heavy (non-hydrogen) atoms. The molecule has 0 spiro atoms. The minimum Gasteiger partial charge on any atom is -0.337 e. The summed E-state index contributed by atoms with van der Waals surface area (Å²) < 4.78 is 23.6. The molecule has 0 aliphatic carbocycles. The summed E-state index contributed by atoms with van der Waals surface area (Å²) in [4.78, 5) is 12.2. The Kier molecular flexibility index (Phi) is 2.79. The van der Waals surface area contributed by atoms with E-state index in [-0.39, 0.29) is 5.91 Å². The molecule has 0 saturated carbocycles. The summed E-state index contributed by atoms with van der Waals surface area (Å²) in [5.74, 6) is -0.128. The topological polar surface area (TPSA) is 20.3 Å². The van der Waals surface area contributed by atoms with Crippen molar-refractivity contribution >= 4 is 5.91 Å². The fraction of sp³-hybridized carbons (Fsp3) is 0.857.